The van der Waals surface area contributed by atoms with Gasteiger partial charge in [-0.15, -0.1) is 0 Å². The summed E-state index contributed by atoms with van der Waals surface area (Å²) in [6.45, 7) is 9.60. The number of para-hydroxylation sites is 1. The van der Waals surface area contributed by atoms with Gasteiger partial charge in [0, 0.05) is 80.6 Å². The number of carbonyl (C=O) groups excluding carboxylic acids is 10. The number of nitrogens with one attached hydrogen (secondary N) is 10. The van der Waals surface area contributed by atoms with Gasteiger partial charge in [-0.2, -0.15) is 0 Å². The molecule has 4 aromatic carbocycles. The third-order valence-corrected chi connectivity index (χ3v) is 27.6. The van der Waals surface area contributed by atoms with E-state index in [4.69, 9.17) is 36.3 Å². The number of H-pyrrole nitrogens is 1. The lowest BCUT2D eigenvalue weighted by molar-refractivity contribution is -0.162. The molecule has 0 spiro atoms. The quantitative estimate of drug-likeness (QED) is 0.00898. The summed E-state index contributed by atoms with van der Waals surface area (Å²) in [7, 11) is 10.4. The van der Waals surface area contributed by atoms with Crippen molar-refractivity contribution in [2.24, 2.45) is 11.7 Å². The number of hydrogen-bond acceptors (Lipinski definition) is 26. The summed E-state index contributed by atoms with van der Waals surface area (Å²) < 4.78 is 23.9. The molecule has 0 saturated carbocycles. The van der Waals surface area contributed by atoms with Crippen LogP contribution in [0.2, 0.25) is 5.02 Å². The van der Waals surface area contributed by atoms with Gasteiger partial charge < -0.3 is 113 Å². The van der Waals surface area contributed by atoms with Gasteiger partial charge in [0.15, 0.2) is 11.8 Å². The van der Waals surface area contributed by atoms with Crippen LogP contribution in [-0.4, -0.2) is 272 Å². The Kier molecular flexibility index (Phi) is 39.8. The number of ether oxygens (including phenoxy) is 4. The Morgan fingerprint density at radius 1 is 0.811 bits per heavy atom. The van der Waals surface area contributed by atoms with Crippen LogP contribution in [0.5, 0.6) is 11.5 Å². The van der Waals surface area contributed by atoms with E-state index in [2.05, 4.69) is 52.8 Å². The summed E-state index contributed by atoms with van der Waals surface area (Å²) in [5, 5.41) is 88.6. The maximum absolute atomic E-state index is 15.3. The van der Waals surface area contributed by atoms with Crippen LogP contribution in [0.15, 0.2) is 121 Å². The molecule has 8 rings (SSSR count). The number of epoxide rings is 1. The highest BCUT2D eigenvalue weighted by atomic mass is 35.5. The van der Waals surface area contributed by atoms with Crippen molar-refractivity contribution in [1.82, 2.24) is 57.7 Å². The zero-order chi connectivity index (χ0) is 93.0. The molecule has 0 unspecified atom stereocenters. The van der Waals surface area contributed by atoms with Crippen LogP contribution < -0.4 is 63.2 Å². The minimum Gasteiger partial charge on any atom is -0.508 e. The molecule has 5 aromatic rings. The molecular formula is C87H118ClN13O22S4. The van der Waals surface area contributed by atoms with Crippen LogP contribution in [0, 0.1) is 5.92 Å². The van der Waals surface area contributed by atoms with Crippen LogP contribution in [0.4, 0.5) is 10.5 Å². The summed E-state index contributed by atoms with van der Waals surface area (Å²) in [4.78, 5) is 177. The number of hydrogen-bond donors (Lipinski definition) is 17. The Bertz CT molecular complexity index is 4690. The standard InChI is InChI=1S/C87H118ClN13O22S4/c1-48-20-18-26-68(121-10)87(119,99-85(117)118)33-31-49(2)75-86(6,123-75)69(44-71(106)101(8)66-41-55(38-48)42-67(120-9)72(66)88)122-84(116)50(3)100(7)70(105)32-37-125-124-36-19-35-90-61(39-53-21-12-11-13-22-53)77(108)95-64-46-126-127-47-65(81(112)98-74(52(5)103)83(114)115)96-82(113)73(51(4)102)97-76(107)60(25-16-17-34-89)92-79(110)63(43-56-45-91-59-24-15-14-23-58(56)59)94-78(109)62(93-80(64)111)40-54-27-29-57(104)30-28-54/h11-15,18,20-24,26-30,41-42,45,49-52,60-65,68-69,73-75,90-91,99,102-104,119H,16-17,19,25,31-40,43-44,46-47,89H2,1-10H3,(H,92,110)(H,93,111)(H,94,109)(H,95,108)(H,96,113)(H,97,107)(H,98,112)(H,114,115)(H,117,118)/b26-18+,48-20+/t49-,50+,51-,52-,60+,61-,62+,63-,64+,65+,68-,69+,73+,74+,75+,86+,87+/m1/s1. The summed E-state index contributed by atoms with van der Waals surface area (Å²) in [5.74, 6) is -10.1. The molecule has 4 heterocycles. The minimum atomic E-state index is -2.11. The van der Waals surface area contributed by atoms with Gasteiger partial charge in [0.25, 0.3) is 0 Å². The second-order valence-electron chi connectivity index (χ2n) is 32.0. The number of phenolic OH excluding ortho intramolecular Hbond substituents is 1. The number of aliphatic carboxylic acids is 1. The number of aromatic hydroxyl groups is 1. The molecule has 40 heteroatoms. The molecule has 127 heavy (non-hydrogen) atoms. The number of aliphatic hydroxyl groups is 3. The third-order valence-electron chi connectivity index (χ3n) is 22.3. The maximum atomic E-state index is 15.3. The number of carboxylic acids is 1. The highest BCUT2D eigenvalue weighted by Crippen LogP contribution is 2.49. The van der Waals surface area contributed by atoms with Crippen molar-refractivity contribution in [3.8, 4) is 11.5 Å². The molecule has 2 saturated heterocycles. The molecule has 18 N–H and O–H groups in total. The number of unbranched alkanes of at least 4 members (excludes halogenated alkanes) is 1. The molecular weight excluding hydrogens is 1740 g/mol. The number of nitrogens with zero attached hydrogens (tertiary/aromatic N) is 2. The summed E-state index contributed by atoms with van der Waals surface area (Å²) in [6.07, 6.45) is -0.588. The minimum absolute atomic E-state index is 0.0132. The van der Waals surface area contributed by atoms with E-state index in [1.54, 1.807) is 85.9 Å². The van der Waals surface area contributed by atoms with E-state index in [0.29, 0.717) is 64.0 Å². The topological polar surface area (TPSA) is 523 Å². The first kappa shape index (κ1) is 103. The fourth-order valence-corrected chi connectivity index (χ4v) is 19.4. The van der Waals surface area contributed by atoms with E-state index >= 15 is 19.2 Å². The van der Waals surface area contributed by atoms with Crippen molar-refractivity contribution in [3.63, 3.8) is 0 Å². The number of benzene rings is 4. The number of aromatic amines is 1. The van der Waals surface area contributed by atoms with Crippen LogP contribution in [-0.2, 0) is 92.6 Å². The third kappa shape index (κ3) is 30.0. The largest absolute Gasteiger partial charge is 0.508 e. The molecule has 3 aliphatic rings. The Labute approximate surface area is 758 Å². The van der Waals surface area contributed by atoms with E-state index in [1.807, 2.05) is 26.0 Å². The lowest BCUT2D eigenvalue weighted by Crippen LogP contribution is -2.62. The highest BCUT2D eigenvalue weighted by molar-refractivity contribution is 8.77. The van der Waals surface area contributed by atoms with E-state index in [1.165, 1.54) is 97.8 Å². The van der Waals surface area contributed by atoms with Gasteiger partial charge in [-0.1, -0.05) is 146 Å². The lowest BCUT2D eigenvalue weighted by atomic mass is 9.86. The van der Waals surface area contributed by atoms with Crippen LogP contribution in [0.25, 0.3) is 10.9 Å². The molecule has 694 valence electrons. The zero-order valence-corrected chi connectivity index (χ0v) is 76.6. The van der Waals surface area contributed by atoms with E-state index in [-0.39, 0.29) is 86.7 Å². The molecule has 17 atom stereocenters. The van der Waals surface area contributed by atoms with Crippen molar-refractivity contribution in [1.29, 1.82) is 0 Å². The molecule has 35 nitrogen and oxygen atoms in total. The van der Waals surface area contributed by atoms with Gasteiger partial charge in [0.05, 0.1) is 43.6 Å². The SMILES string of the molecule is COc1cc2cc(c1Cl)N(C)C(=O)C[C@H](OC(=O)[C@H](C)N(C)C(=O)CCSSCCCN[C@H](Cc1ccccc1)C(=O)N[C@H]1CSSC[C@@H](C(=O)N[C@H](C(=O)O)[C@@H](C)O)NC(=O)[C@H]([C@@H](C)O)NC(=O)[C@H](CCCCN)NC(=O)[C@@H](Cc3c[nH]c4ccccc34)NC(=O)[C@H](Cc3ccc(O)cc3)NC1=O)[C@]1(C)O[C@H]1[C@H](C)CC[C@@](O)(NC(=O)O)[C@H](OC)/C=C/C=C(\C)C2. The Balaban J connectivity index is 0.984. The number of halogens is 1. The molecule has 0 aliphatic carbocycles. The van der Waals surface area contributed by atoms with Crippen LogP contribution in [0.1, 0.15) is 115 Å². The number of nitrogens with two attached hydrogens (primary N) is 1. The normalized spacial score (nSPS) is 25.2. The summed E-state index contributed by atoms with van der Waals surface area (Å²) in [5.41, 5.74) is 6.73. The molecule has 2 bridgehead atoms. The van der Waals surface area contributed by atoms with Gasteiger partial charge in [-0.25, -0.2) is 14.4 Å². The number of likely N-dealkylation sites (N-methyl/N-ethyl adjacent to an activating group) is 1. The van der Waals surface area contributed by atoms with Gasteiger partial charge in [-0.3, -0.25) is 48.5 Å². The van der Waals surface area contributed by atoms with Gasteiger partial charge in [-0.05, 0) is 158 Å². The first-order valence-corrected chi connectivity index (χ1v) is 47.1. The zero-order valence-electron chi connectivity index (χ0n) is 72.6. The summed E-state index contributed by atoms with van der Waals surface area (Å²) in [6, 6.07) is 11.8. The average Bonchev–Trinajstić information content (AvgIpc) is 1.58. The molecule has 2 fully saturated rings. The number of methoxy groups -OCH3 is 2. The van der Waals surface area contributed by atoms with Crippen molar-refractivity contribution in [2.45, 2.75) is 215 Å². The van der Waals surface area contributed by atoms with Gasteiger partial charge in [0.2, 0.25) is 53.2 Å². The number of phenols is 1. The average molecular weight is 1860 g/mol. The number of amides is 10. The molecule has 0 radical (unpaired) electrons. The van der Waals surface area contributed by atoms with Crippen molar-refractivity contribution in [3.05, 3.63) is 148 Å². The van der Waals surface area contributed by atoms with E-state index in [0.717, 1.165) is 39.6 Å². The monoisotopic (exact) mass is 1860 g/mol. The van der Waals surface area contributed by atoms with Crippen molar-refractivity contribution in [2.75, 3.05) is 69.3 Å². The fourth-order valence-electron chi connectivity index (χ4n) is 14.7. The molecule has 10 amide bonds. The van der Waals surface area contributed by atoms with Gasteiger partial charge >= 0.3 is 18.0 Å². The van der Waals surface area contributed by atoms with E-state index in [9.17, 15) is 69.0 Å². The van der Waals surface area contributed by atoms with Crippen molar-refractivity contribution < 1.29 is 107 Å². The number of rotatable bonds is 32. The lowest BCUT2D eigenvalue weighted by Gasteiger charge is -2.34. The number of carbonyl (C=O) groups is 12. The molecule has 3 aliphatic heterocycles. The molecule has 1 aromatic heterocycles. The number of aliphatic hydroxyl groups excluding tert-OH is 2. The Morgan fingerprint density at radius 2 is 1.47 bits per heavy atom. The first-order valence-electron chi connectivity index (χ1n) is 41.8. The maximum Gasteiger partial charge on any atom is 0.406 e. The fraction of sp³-hybridized carbons (Fsp3) is 0.517. The predicted octanol–water partition coefficient (Wildman–Crippen LogP) is 4.86. The number of esters is 1. The second-order valence-corrected chi connectivity index (χ2v) is 37.7. The number of carboxylic acid groups (broad SMARTS) is 2. The van der Waals surface area contributed by atoms with E-state index < -0.39 is 186 Å². The first-order chi connectivity index (χ1) is 60.4. The van der Waals surface area contributed by atoms with Crippen LogP contribution >= 0.6 is 54.8 Å². The Hall–Kier alpha value is -9.65. The Morgan fingerprint density at radius 3 is 2.14 bits per heavy atom. The smallest absolute Gasteiger partial charge is 0.406 e. The van der Waals surface area contributed by atoms with Crippen molar-refractivity contribution >= 4 is 143 Å². The van der Waals surface area contributed by atoms with Crippen LogP contribution in [0.3, 0.4) is 0 Å². The summed E-state index contributed by atoms with van der Waals surface area (Å²) >= 11 is 6.89. The number of allylic oxidation sites excluding steroid dienone is 3. The second kappa shape index (κ2) is 49.2. The predicted molar refractivity (Wildman–Crippen MR) is 486 cm³/mol. The number of fused-ring (bicyclic) bond motifs is 4. The number of anilines is 1. The van der Waals surface area contributed by atoms with Gasteiger partial charge in [0.1, 0.15) is 76.6 Å². The number of aromatic nitrogens is 1. The highest BCUT2D eigenvalue weighted by Gasteiger charge is 2.62.